The second-order valence-corrected chi connectivity index (χ2v) is 5.16. The molecular weight excluding hydrogens is 268 g/mol. The van der Waals surface area contributed by atoms with Crippen molar-refractivity contribution in [2.45, 2.75) is 13.8 Å². The highest BCUT2D eigenvalue weighted by molar-refractivity contribution is 5.93. The molecule has 6 nitrogen and oxygen atoms in total. The molecule has 0 atom stereocenters. The number of aromatic nitrogens is 3. The van der Waals surface area contributed by atoms with Gasteiger partial charge in [0.25, 0.3) is 5.91 Å². The second kappa shape index (κ2) is 5.65. The lowest BCUT2D eigenvalue weighted by molar-refractivity contribution is 0.0298. The van der Waals surface area contributed by atoms with Crippen molar-refractivity contribution in [3.05, 3.63) is 41.2 Å². The summed E-state index contributed by atoms with van der Waals surface area (Å²) in [5.74, 6) is -0.0749. The van der Waals surface area contributed by atoms with E-state index in [-0.39, 0.29) is 5.91 Å². The number of carbonyl (C=O) groups is 1. The van der Waals surface area contributed by atoms with Crippen molar-refractivity contribution >= 4 is 5.91 Å². The first-order valence-corrected chi connectivity index (χ1v) is 7.03. The Hall–Kier alpha value is -2.21. The van der Waals surface area contributed by atoms with Crippen molar-refractivity contribution in [3.63, 3.8) is 0 Å². The fourth-order valence-electron chi connectivity index (χ4n) is 2.29. The zero-order chi connectivity index (χ0) is 14.8. The summed E-state index contributed by atoms with van der Waals surface area (Å²) in [6.45, 7) is 6.21. The van der Waals surface area contributed by atoms with Crippen molar-refractivity contribution in [2.75, 3.05) is 26.3 Å². The van der Waals surface area contributed by atoms with Crippen LogP contribution < -0.4 is 0 Å². The Bertz CT molecular complexity index is 642. The molecule has 0 bridgehead atoms. The first-order chi connectivity index (χ1) is 10.1. The number of hydrogen-bond acceptors (Lipinski definition) is 4. The molecule has 1 aromatic carbocycles. The van der Waals surface area contributed by atoms with Crippen LogP contribution in [0.3, 0.4) is 0 Å². The van der Waals surface area contributed by atoms with Crippen LogP contribution in [0.1, 0.15) is 21.7 Å². The van der Waals surface area contributed by atoms with E-state index in [1.807, 2.05) is 38.1 Å². The van der Waals surface area contributed by atoms with Gasteiger partial charge in [-0.05, 0) is 26.0 Å². The van der Waals surface area contributed by atoms with Crippen molar-refractivity contribution in [1.29, 1.82) is 0 Å². The zero-order valence-corrected chi connectivity index (χ0v) is 12.2. The summed E-state index contributed by atoms with van der Waals surface area (Å²) < 4.78 is 5.27. The van der Waals surface area contributed by atoms with Crippen molar-refractivity contribution in [3.8, 4) is 5.69 Å². The number of carbonyl (C=O) groups excluding carboxylic acids is 1. The summed E-state index contributed by atoms with van der Waals surface area (Å²) in [5.41, 5.74) is 3.08. The maximum atomic E-state index is 12.5. The largest absolute Gasteiger partial charge is 0.378 e. The minimum absolute atomic E-state index is 0.0749. The Morgan fingerprint density at radius 1 is 1.10 bits per heavy atom. The number of nitrogens with zero attached hydrogens (tertiary/aromatic N) is 4. The van der Waals surface area contributed by atoms with Gasteiger partial charge in [-0.2, -0.15) is 9.90 Å². The first-order valence-electron chi connectivity index (χ1n) is 7.03. The predicted molar refractivity (Wildman–Crippen MR) is 77.6 cm³/mol. The number of morpholine rings is 1. The van der Waals surface area contributed by atoms with Gasteiger partial charge in [0.05, 0.1) is 24.6 Å². The van der Waals surface area contributed by atoms with Gasteiger partial charge in [0.2, 0.25) is 0 Å². The normalized spacial score (nSPS) is 15.2. The van der Waals surface area contributed by atoms with E-state index in [4.69, 9.17) is 4.74 Å². The Labute approximate surface area is 123 Å². The summed E-state index contributed by atoms with van der Waals surface area (Å²) in [6.07, 6.45) is 0. The number of rotatable bonds is 2. The molecule has 0 N–H and O–H groups in total. The van der Waals surface area contributed by atoms with Gasteiger partial charge in [0, 0.05) is 13.1 Å². The quantitative estimate of drug-likeness (QED) is 0.836. The molecule has 110 valence electrons. The summed E-state index contributed by atoms with van der Waals surface area (Å²) in [6, 6.07) is 7.88. The Morgan fingerprint density at radius 2 is 1.76 bits per heavy atom. The number of ether oxygens (including phenoxy) is 1. The molecule has 0 saturated carbocycles. The van der Waals surface area contributed by atoms with Crippen LogP contribution in [0.15, 0.2) is 24.3 Å². The van der Waals surface area contributed by atoms with E-state index in [1.54, 1.807) is 4.90 Å². The summed E-state index contributed by atoms with van der Waals surface area (Å²) in [5, 5.41) is 8.71. The zero-order valence-electron chi connectivity index (χ0n) is 12.2. The highest BCUT2D eigenvalue weighted by atomic mass is 16.5. The van der Waals surface area contributed by atoms with Gasteiger partial charge in [-0.1, -0.05) is 17.7 Å². The van der Waals surface area contributed by atoms with Crippen molar-refractivity contribution in [2.24, 2.45) is 0 Å². The van der Waals surface area contributed by atoms with Crippen molar-refractivity contribution < 1.29 is 9.53 Å². The summed E-state index contributed by atoms with van der Waals surface area (Å²) >= 11 is 0. The van der Waals surface area contributed by atoms with Gasteiger partial charge in [0.1, 0.15) is 0 Å². The minimum Gasteiger partial charge on any atom is -0.378 e. The third kappa shape index (κ3) is 2.80. The third-order valence-electron chi connectivity index (χ3n) is 3.55. The van der Waals surface area contributed by atoms with Crippen LogP contribution in [0.4, 0.5) is 0 Å². The number of benzene rings is 1. The van der Waals surface area contributed by atoms with E-state index in [9.17, 15) is 4.79 Å². The lowest BCUT2D eigenvalue weighted by Gasteiger charge is -2.26. The fourth-order valence-corrected chi connectivity index (χ4v) is 2.29. The first kappa shape index (κ1) is 13.8. The van der Waals surface area contributed by atoms with Crippen LogP contribution in [0, 0.1) is 13.8 Å². The van der Waals surface area contributed by atoms with Gasteiger partial charge in [-0.25, -0.2) is 0 Å². The molecule has 2 aromatic rings. The second-order valence-electron chi connectivity index (χ2n) is 5.16. The molecule has 2 heterocycles. The summed E-state index contributed by atoms with van der Waals surface area (Å²) in [7, 11) is 0. The van der Waals surface area contributed by atoms with E-state index in [0.717, 1.165) is 5.69 Å². The van der Waals surface area contributed by atoms with E-state index >= 15 is 0 Å². The van der Waals surface area contributed by atoms with Gasteiger partial charge >= 0.3 is 0 Å². The lowest BCUT2D eigenvalue weighted by Crippen LogP contribution is -2.41. The Kier molecular flexibility index (Phi) is 3.70. The predicted octanol–water partition coefficient (Wildman–Crippen LogP) is 1.36. The molecule has 1 aliphatic rings. The molecule has 0 spiro atoms. The van der Waals surface area contributed by atoms with E-state index in [1.165, 1.54) is 10.4 Å². The maximum Gasteiger partial charge on any atom is 0.276 e. The SMILES string of the molecule is Cc1ccc(-n2nc(C)c(C(=O)N3CCOCC3)n2)cc1. The molecule has 0 radical (unpaired) electrons. The molecule has 21 heavy (non-hydrogen) atoms. The molecule has 1 saturated heterocycles. The molecule has 6 heteroatoms. The lowest BCUT2D eigenvalue weighted by atomic mass is 10.2. The monoisotopic (exact) mass is 286 g/mol. The van der Waals surface area contributed by atoms with Crippen LogP contribution >= 0.6 is 0 Å². The highest BCUT2D eigenvalue weighted by Gasteiger charge is 2.23. The van der Waals surface area contributed by atoms with E-state index in [0.29, 0.717) is 37.7 Å². The molecule has 1 amide bonds. The standard InChI is InChI=1S/C15H18N4O2/c1-11-3-5-13(6-4-11)19-16-12(2)14(17-19)15(20)18-7-9-21-10-8-18/h3-6H,7-10H2,1-2H3. The van der Waals surface area contributed by atoms with Crippen molar-refractivity contribution in [1.82, 2.24) is 19.9 Å². The average molecular weight is 286 g/mol. The molecular formula is C15H18N4O2. The highest BCUT2D eigenvalue weighted by Crippen LogP contribution is 2.12. The smallest absolute Gasteiger partial charge is 0.276 e. The van der Waals surface area contributed by atoms with E-state index < -0.39 is 0 Å². The number of hydrogen-bond donors (Lipinski definition) is 0. The average Bonchev–Trinajstić information content (AvgIpc) is 2.90. The molecule has 1 fully saturated rings. The van der Waals surface area contributed by atoms with Gasteiger partial charge in [-0.15, -0.1) is 5.10 Å². The van der Waals surface area contributed by atoms with Crippen LogP contribution in [-0.4, -0.2) is 52.1 Å². The van der Waals surface area contributed by atoms with Crippen LogP contribution in [-0.2, 0) is 4.74 Å². The molecule has 1 aliphatic heterocycles. The van der Waals surface area contributed by atoms with E-state index in [2.05, 4.69) is 10.2 Å². The molecule has 1 aromatic heterocycles. The number of aryl methyl sites for hydroxylation is 2. The molecule has 3 rings (SSSR count). The minimum atomic E-state index is -0.0749. The molecule has 0 aliphatic carbocycles. The van der Waals surface area contributed by atoms with Gasteiger partial charge < -0.3 is 9.64 Å². The van der Waals surface area contributed by atoms with Crippen LogP contribution in [0.2, 0.25) is 0 Å². The summed E-state index contributed by atoms with van der Waals surface area (Å²) in [4.78, 5) is 15.8. The number of amides is 1. The fraction of sp³-hybridized carbons (Fsp3) is 0.400. The Balaban J connectivity index is 1.87. The molecule has 0 unspecified atom stereocenters. The van der Waals surface area contributed by atoms with Crippen LogP contribution in [0.25, 0.3) is 5.69 Å². The Morgan fingerprint density at radius 3 is 2.43 bits per heavy atom. The third-order valence-corrected chi connectivity index (χ3v) is 3.55. The maximum absolute atomic E-state index is 12.5. The van der Waals surface area contributed by atoms with Crippen LogP contribution in [0.5, 0.6) is 0 Å². The topological polar surface area (TPSA) is 60.2 Å². The van der Waals surface area contributed by atoms with Gasteiger partial charge in [0.15, 0.2) is 5.69 Å². The van der Waals surface area contributed by atoms with Gasteiger partial charge in [-0.3, -0.25) is 4.79 Å².